The normalized spacial score (nSPS) is 13.1. The molecule has 19 heavy (non-hydrogen) atoms. The highest BCUT2D eigenvalue weighted by atomic mass is 79.9. The first-order valence-electron chi connectivity index (χ1n) is 4.85. The lowest BCUT2D eigenvalue weighted by molar-refractivity contribution is -0.387. The summed E-state index contributed by atoms with van der Waals surface area (Å²) in [5.74, 6) is -0.643. The van der Waals surface area contributed by atoms with Crippen LogP contribution in [0.3, 0.4) is 0 Å². The summed E-state index contributed by atoms with van der Waals surface area (Å²) in [6, 6.07) is 3.26. The van der Waals surface area contributed by atoms with E-state index in [4.69, 9.17) is 0 Å². The van der Waals surface area contributed by atoms with Gasteiger partial charge in [0.25, 0.3) is 5.69 Å². The average Bonchev–Trinajstić information content (AvgIpc) is 2.25. The van der Waals surface area contributed by atoms with Crippen molar-refractivity contribution in [3.05, 3.63) is 33.9 Å². The molecule has 9 heteroatoms. The molecule has 0 heterocycles. The molecule has 1 aromatic carbocycles. The smallest absolute Gasteiger partial charge is 0.293 e. The second kappa shape index (κ2) is 5.91. The van der Waals surface area contributed by atoms with Crippen LogP contribution in [0.4, 0.5) is 18.9 Å². The molecule has 1 atom stereocenters. The van der Waals surface area contributed by atoms with Crippen LogP contribution >= 0.6 is 27.7 Å². The highest BCUT2D eigenvalue weighted by Gasteiger charge is 2.36. The van der Waals surface area contributed by atoms with Gasteiger partial charge in [-0.1, -0.05) is 22.0 Å². The molecule has 0 spiro atoms. The van der Waals surface area contributed by atoms with Crippen LogP contribution in [0.25, 0.3) is 0 Å². The SMILES string of the molecule is CC(Br)C(=O)c1cccc([N+](=O)[O-])c1SC(F)(F)F. The molecule has 0 aliphatic rings. The van der Waals surface area contributed by atoms with Crippen LogP contribution in [0.1, 0.15) is 17.3 Å². The first-order chi connectivity index (χ1) is 8.63. The van der Waals surface area contributed by atoms with Gasteiger partial charge in [0.1, 0.15) is 4.90 Å². The minimum absolute atomic E-state index is 0.319. The van der Waals surface area contributed by atoms with Gasteiger partial charge in [0.2, 0.25) is 0 Å². The lowest BCUT2D eigenvalue weighted by Crippen LogP contribution is -2.13. The molecule has 4 nitrogen and oxygen atoms in total. The number of rotatable bonds is 4. The third kappa shape index (κ3) is 4.20. The van der Waals surface area contributed by atoms with Crippen molar-refractivity contribution in [3.63, 3.8) is 0 Å². The van der Waals surface area contributed by atoms with Crippen LogP contribution in [0, 0.1) is 10.1 Å². The van der Waals surface area contributed by atoms with Gasteiger partial charge in [0.05, 0.1) is 9.75 Å². The Balaban J connectivity index is 3.42. The fraction of sp³-hybridized carbons (Fsp3) is 0.300. The zero-order valence-corrected chi connectivity index (χ0v) is 11.8. The van der Waals surface area contributed by atoms with Gasteiger partial charge in [-0.2, -0.15) is 13.2 Å². The highest BCUT2D eigenvalue weighted by molar-refractivity contribution is 9.10. The van der Waals surface area contributed by atoms with Gasteiger partial charge < -0.3 is 0 Å². The Morgan fingerprint density at radius 3 is 2.47 bits per heavy atom. The molecule has 1 aromatic rings. The number of Topliss-reactive ketones (excluding diaryl/α,β-unsaturated/α-hetero) is 1. The van der Waals surface area contributed by atoms with Crippen molar-refractivity contribution < 1.29 is 22.9 Å². The van der Waals surface area contributed by atoms with Crippen LogP contribution in [0.15, 0.2) is 23.1 Å². The summed E-state index contributed by atoms with van der Waals surface area (Å²) in [4.78, 5) is 20.2. The Bertz CT molecular complexity index is 519. The number of halogens is 4. The van der Waals surface area contributed by atoms with Gasteiger partial charge in [-0.25, -0.2) is 0 Å². The van der Waals surface area contributed by atoms with E-state index in [9.17, 15) is 28.1 Å². The topological polar surface area (TPSA) is 60.2 Å². The highest BCUT2D eigenvalue weighted by Crippen LogP contribution is 2.43. The number of nitro groups is 1. The molecule has 1 unspecified atom stereocenters. The van der Waals surface area contributed by atoms with Crippen LogP contribution in [0.5, 0.6) is 0 Å². The number of hydrogen-bond acceptors (Lipinski definition) is 4. The number of nitrogens with zero attached hydrogens (tertiary/aromatic N) is 1. The van der Waals surface area contributed by atoms with Crippen LogP contribution in [0.2, 0.25) is 0 Å². The molecule has 0 saturated carbocycles. The summed E-state index contributed by atoms with van der Waals surface area (Å²) in [6.45, 7) is 1.43. The monoisotopic (exact) mass is 357 g/mol. The summed E-state index contributed by atoms with van der Waals surface area (Å²) in [5, 5.41) is 10.8. The Hall–Kier alpha value is -1.09. The third-order valence-electron chi connectivity index (χ3n) is 2.04. The van der Waals surface area contributed by atoms with Crippen molar-refractivity contribution >= 4 is 39.2 Å². The molecule has 0 amide bonds. The van der Waals surface area contributed by atoms with Gasteiger partial charge in [0, 0.05) is 11.6 Å². The predicted octanol–water partition coefficient (Wildman–Crippen LogP) is 4.17. The lowest BCUT2D eigenvalue weighted by Gasteiger charge is -2.11. The minimum Gasteiger partial charge on any atom is -0.293 e. The van der Waals surface area contributed by atoms with Gasteiger partial charge >= 0.3 is 5.51 Å². The number of carbonyl (C=O) groups excluding carboxylic acids is 1. The van der Waals surface area contributed by atoms with E-state index in [0.717, 1.165) is 12.1 Å². The van der Waals surface area contributed by atoms with Crippen molar-refractivity contribution in [2.75, 3.05) is 0 Å². The molecule has 0 saturated heterocycles. The van der Waals surface area contributed by atoms with Gasteiger partial charge in [0.15, 0.2) is 5.78 Å². The Morgan fingerprint density at radius 2 is 2.05 bits per heavy atom. The van der Waals surface area contributed by atoms with E-state index >= 15 is 0 Å². The summed E-state index contributed by atoms with van der Waals surface area (Å²) in [5.41, 5.74) is -5.77. The third-order valence-corrected chi connectivity index (χ3v) is 3.32. The van der Waals surface area contributed by atoms with Crippen LogP contribution < -0.4 is 0 Å². The standard InChI is InChI=1S/C10H7BrF3NO3S/c1-5(11)8(16)6-3-2-4-7(15(17)18)9(6)19-10(12,13)14/h2-5H,1H3. The number of benzene rings is 1. The number of carbonyl (C=O) groups is 1. The first kappa shape index (κ1) is 16.0. The van der Waals surface area contributed by atoms with E-state index in [0.29, 0.717) is 0 Å². The van der Waals surface area contributed by atoms with Crippen LogP contribution in [-0.4, -0.2) is 21.0 Å². The fourth-order valence-electron chi connectivity index (χ4n) is 1.30. The van der Waals surface area contributed by atoms with Gasteiger partial charge in [-0.3, -0.25) is 14.9 Å². The summed E-state index contributed by atoms with van der Waals surface area (Å²) >= 11 is 2.29. The second-order valence-electron chi connectivity index (χ2n) is 3.44. The van der Waals surface area contributed by atoms with E-state index in [-0.39, 0.29) is 5.56 Å². The molecule has 0 aliphatic heterocycles. The fourth-order valence-corrected chi connectivity index (χ4v) is 2.30. The Kier molecular flexibility index (Phi) is 4.97. The number of thioether (sulfide) groups is 1. The lowest BCUT2D eigenvalue weighted by atomic mass is 10.1. The van der Waals surface area contributed by atoms with E-state index in [1.807, 2.05) is 0 Å². The molecular formula is C10H7BrF3NO3S. The summed E-state index contributed by atoms with van der Waals surface area (Å²) < 4.78 is 37.3. The summed E-state index contributed by atoms with van der Waals surface area (Å²) in [6.07, 6.45) is 0. The van der Waals surface area contributed by atoms with Crippen molar-refractivity contribution in [2.24, 2.45) is 0 Å². The molecule has 0 radical (unpaired) electrons. The maximum absolute atomic E-state index is 12.4. The zero-order valence-electron chi connectivity index (χ0n) is 9.40. The quantitative estimate of drug-likeness (QED) is 0.266. The molecule has 0 aromatic heterocycles. The summed E-state index contributed by atoms with van der Waals surface area (Å²) in [7, 11) is 0. The van der Waals surface area contributed by atoms with E-state index < -0.39 is 43.4 Å². The molecule has 0 aliphatic carbocycles. The molecule has 0 bridgehead atoms. The second-order valence-corrected chi connectivity index (χ2v) is 5.89. The molecular weight excluding hydrogens is 351 g/mol. The first-order valence-corrected chi connectivity index (χ1v) is 6.58. The van der Waals surface area contributed by atoms with Crippen molar-refractivity contribution in [1.29, 1.82) is 0 Å². The van der Waals surface area contributed by atoms with Crippen molar-refractivity contribution in [3.8, 4) is 0 Å². The van der Waals surface area contributed by atoms with Crippen molar-refractivity contribution in [2.45, 2.75) is 22.2 Å². The maximum Gasteiger partial charge on any atom is 0.446 e. The van der Waals surface area contributed by atoms with Gasteiger partial charge in [-0.15, -0.1) is 0 Å². The molecule has 0 fully saturated rings. The predicted molar refractivity (Wildman–Crippen MR) is 67.7 cm³/mol. The van der Waals surface area contributed by atoms with Crippen LogP contribution in [-0.2, 0) is 0 Å². The van der Waals surface area contributed by atoms with Crippen molar-refractivity contribution in [1.82, 2.24) is 0 Å². The maximum atomic E-state index is 12.4. The van der Waals surface area contributed by atoms with E-state index in [1.54, 1.807) is 0 Å². The Morgan fingerprint density at radius 1 is 1.47 bits per heavy atom. The molecule has 0 N–H and O–H groups in total. The number of ketones is 1. The van der Waals surface area contributed by atoms with E-state index in [2.05, 4.69) is 15.9 Å². The Labute approximate surface area is 118 Å². The number of alkyl halides is 4. The largest absolute Gasteiger partial charge is 0.446 e. The van der Waals surface area contributed by atoms with Gasteiger partial charge in [-0.05, 0) is 24.8 Å². The molecule has 1 rings (SSSR count). The molecule has 104 valence electrons. The van der Waals surface area contributed by atoms with E-state index in [1.165, 1.54) is 13.0 Å². The minimum atomic E-state index is -4.71. The number of nitro benzene ring substituents is 1. The number of hydrogen-bond donors (Lipinski definition) is 0. The average molecular weight is 358 g/mol. The zero-order chi connectivity index (χ0) is 14.8.